The zero-order valence-corrected chi connectivity index (χ0v) is 13.1. The molecule has 0 amide bonds. The molecule has 5 nitrogen and oxygen atoms in total. The Labute approximate surface area is 129 Å². The predicted octanol–water partition coefficient (Wildman–Crippen LogP) is 2.75. The number of nitrogens with one attached hydrogen (secondary N) is 1. The van der Waals surface area contributed by atoms with E-state index in [4.69, 9.17) is 17.3 Å². The Kier molecular flexibility index (Phi) is 3.87. The number of aromatic amines is 1. The van der Waals surface area contributed by atoms with Crippen LogP contribution in [0.4, 0.5) is 5.95 Å². The van der Waals surface area contributed by atoms with Gasteiger partial charge < -0.3 is 10.6 Å². The molecule has 0 bridgehead atoms. The first-order valence-electron chi connectivity index (χ1n) is 7.27. The van der Waals surface area contributed by atoms with Crippen molar-refractivity contribution in [1.82, 2.24) is 15.2 Å². The summed E-state index contributed by atoms with van der Waals surface area (Å²) in [4.78, 5) is 6.80. The summed E-state index contributed by atoms with van der Waals surface area (Å²) in [6.07, 6.45) is 2.14. The second-order valence-corrected chi connectivity index (χ2v) is 6.10. The first-order valence-corrected chi connectivity index (χ1v) is 7.65. The van der Waals surface area contributed by atoms with Crippen LogP contribution in [0.5, 0.6) is 0 Å². The summed E-state index contributed by atoms with van der Waals surface area (Å²) < 4.78 is 0. The standard InChI is InChI=1S/C15H20ClN5/c1-9-8-11(5-6-12(9)16)14-18-15(20-19-14)21-7-3-4-13(17)10(21)2/h5-6,8,10,13H,3-4,7,17H2,1-2H3,(H,18,19,20). The van der Waals surface area contributed by atoms with Crippen LogP contribution in [0.1, 0.15) is 25.3 Å². The lowest BCUT2D eigenvalue weighted by atomic mass is 9.99. The number of rotatable bonds is 2. The van der Waals surface area contributed by atoms with Crippen molar-refractivity contribution in [2.45, 2.75) is 38.8 Å². The molecule has 2 aromatic rings. The minimum Gasteiger partial charge on any atom is -0.335 e. The highest BCUT2D eigenvalue weighted by Crippen LogP contribution is 2.25. The average Bonchev–Trinajstić information content (AvgIpc) is 2.94. The quantitative estimate of drug-likeness (QED) is 0.895. The molecule has 1 aliphatic rings. The number of aryl methyl sites for hydroxylation is 1. The minimum absolute atomic E-state index is 0.179. The van der Waals surface area contributed by atoms with E-state index in [1.807, 2.05) is 25.1 Å². The average molecular weight is 306 g/mol. The van der Waals surface area contributed by atoms with Gasteiger partial charge in [-0.05, 0) is 50.5 Å². The van der Waals surface area contributed by atoms with Crippen LogP contribution in [0, 0.1) is 6.92 Å². The van der Waals surface area contributed by atoms with Crippen LogP contribution in [0.25, 0.3) is 11.4 Å². The van der Waals surface area contributed by atoms with Gasteiger partial charge in [0.15, 0.2) is 5.82 Å². The molecule has 2 unspecified atom stereocenters. The third-order valence-corrected chi connectivity index (χ3v) is 4.63. The molecule has 3 N–H and O–H groups in total. The number of halogens is 1. The number of nitrogens with zero attached hydrogens (tertiary/aromatic N) is 3. The van der Waals surface area contributed by atoms with Crippen molar-refractivity contribution in [3.63, 3.8) is 0 Å². The van der Waals surface area contributed by atoms with Crippen LogP contribution >= 0.6 is 11.6 Å². The summed E-state index contributed by atoms with van der Waals surface area (Å²) in [5, 5.41) is 8.13. The van der Waals surface area contributed by atoms with E-state index >= 15 is 0 Å². The van der Waals surface area contributed by atoms with E-state index in [0.29, 0.717) is 0 Å². The largest absolute Gasteiger partial charge is 0.335 e. The molecule has 1 aromatic carbocycles. The van der Waals surface area contributed by atoms with E-state index in [9.17, 15) is 0 Å². The number of benzene rings is 1. The fourth-order valence-corrected chi connectivity index (χ4v) is 2.88. The van der Waals surface area contributed by atoms with E-state index in [1.165, 1.54) is 0 Å². The summed E-state index contributed by atoms with van der Waals surface area (Å²) in [5.41, 5.74) is 8.16. The van der Waals surface area contributed by atoms with Crippen molar-refractivity contribution in [2.75, 3.05) is 11.4 Å². The van der Waals surface area contributed by atoms with Crippen molar-refractivity contribution in [1.29, 1.82) is 0 Å². The van der Waals surface area contributed by atoms with Gasteiger partial charge in [0.1, 0.15) is 0 Å². The molecule has 0 aliphatic carbocycles. The van der Waals surface area contributed by atoms with Crippen molar-refractivity contribution >= 4 is 17.5 Å². The minimum atomic E-state index is 0.179. The van der Waals surface area contributed by atoms with E-state index < -0.39 is 0 Å². The van der Waals surface area contributed by atoms with E-state index in [2.05, 4.69) is 27.0 Å². The van der Waals surface area contributed by atoms with Gasteiger partial charge in [0, 0.05) is 29.2 Å². The first-order chi connectivity index (χ1) is 10.1. The molecule has 1 aromatic heterocycles. The Hall–Kier alpha value is -1.59. The van der Waals surface area contributed by atoms with Crippen LogP contribution in [0.15, 0.2) is 18.2 Å². The van der Waals surface area contributed by atoms with Gasteiger partial charge >= 0.3 is 0 Å². The number of piperidine rings is 1. The zero-order chi connectivity index (χ0) is 15.0. The smallest absolute Gasteiger partial charge is 0.245 e. The van der Waals surface area contributed by atoms with E-state index in [1.54, 1.807) is 0 Å². The van der Waals surface area contributed by atoms with E-state index in [-0.39, 0.29) is 12.1 Å². The Bertz CT molecular complexity index is 639. The normalized spacial score (nSPS) is 22.6. The fourth-order valence-electron chi connectivity index (χ4n) is 2.76. The molecule has 112 valence electrons. The summed E-state index contributed by atoms with van der Waals surface area (Å²) in [5.74, 6) is 1.48. The first kappa shape index (κ1) is 14.4. The highest BCUT2D eigenvalue weighted by Gasteiger charge is 2.27. The lowest BCUT2D eigenvalue weighted by molar-refractivity contribution is 0.416. The maximum absolute atomic E-state index is 6.14. The molecule has 6 heteroatoms. The molecule has 3 rings (SSSR count). The van der Waals surface area contributed by atoms with Gasteiger partial charge in [0.05, 0.1) is 0 Å². The van der Waals surface area contributed by atoms with Gasteiger partial charge in [-0.3, -0.25) is 5.10 Å². The molecule has 1 aliphatic heterocycles. The Morgan fingerprint density at radius 2 is 2.24 bits per heavy atom. The maximum Gasteiger partial charge on any atom is 0.245 e. The molecule has 21 heavy (non-hydrogen) atoms. The molecule has 2 heterocycles. The SMILES string of the molecule is Cc1cc(-c2nc(N3CCCC(N)C3C)n[nH]2)ccc1Cl. The van der Waals surface area contributed by atoms with Crippen molar-refractivity contribution in [3.05, 3.63) is 28.8 Å². The molecular weight excluding hydrogens is 286 g/mol. The third kappa shape index (κ3) is 2.76. The number of H-pyrrole nitrogens is 1. The fraction of sp³-hybridized carbons (Fsp3) is 0.467. The van der Waals surface area contributed by atoms with Crippen LogP contribution in [0.3, 0.4) is 0 Å². The number of hydrogen-bond donors (Lipinski definition) is 2. The third-order valence-electron chi connectivity index (χ3n) is 4.21. The summed E-state index contributed by atoms with van der Waals surface area (Å²) in [7, 11) is 0. The highest BCUT2D eigenvalue weighted by molar-refractivity contribution is 6.31. The Morgan fingerprint density at radius 3 is 3.00 bits per heavy atom. The number of hydrogen-bond acceptors (Lipinski definition) is 4. The molecular formula is C15H20ClN5. The monoisotopic (exact) mass is 305 g/mol. The van der Waals surface area contributed by atoms with Gasteiger partial charge in [-0.1, -0.05) is 11.6 Å². The topological polar surface area (TPSA) is 70.8 Å². The van der Waals surface area contributed by atoms with Gasteiger partial charge in [-0.2, -0.15) is 4.98 Å². The second kappa shape index (κ2) is 5.66. The molecule has 0 spiro atoms. The summed E-state index contributed by atoms with van der Waals surface area (Å²) in [6.45, 7) is 5.06. The van der Waals surface area contributed by atoms with E-state index in [0.717, 1.165) is 47.3 Å². The second-order valence-electron chi connectivity index (χ2n) is 5.69. The van der Waals surface area contributed by atoms with Crippen molar-refractivity contribution < 1.29 is 0 Å². The molecule has 0 saturated carbocycles. The molecule has 2 atom stereocenters. The van der Waals surface area contributed by atoms with Crippen LogP contribution in [-0.4, -0.2) is 33.8 Å². The molecule has 1 saturated heterocycles. The number of nitrogens with two attached hydrogens (primary N) is 1. The summed E-state index contributed by atoms with van der Waals surface area (Å²) in [6, 6.07) is 6.28. The predicted molar refractivity (Wildman–Crippen MR) is 85.6 cm³/mol. The van der Waals surface area contributed by atoms with Crippen LogP contribution in [-0.2, 0) is 0 Å². The molecule has 1 fully saturated rings. The van der Waals surface area contributed by atoms with Crippen LogP contribution < -0.4 is 10.6 Å². The summed E-state index contributed by atoms with van der Waals surface area (Å²) >= 11 is 6.06. The number of anilines is 1. The van der Waals surface area contributed by atoms with Gasteiger partial charge in [-0.25, -0.2) is 0 Å². The maximum atomic E-state index is 6.14. The zero-order valence-electron chi connectivity index (χ0n) is 12.3. The van der Waals surface area contributed by atoms with Crippen LogP contribution in [0.2, 0.25) is 5.02 Å². The van der Waals surface area contributed by atoms with Gasteiger partial charge in [0.2, 0.25) is 5.95 Å². The van der Waals surface area contributed by atoms with Crippen molar-refractivity contribution in [3.8, 4) is 11.4 Å². The Balaban J connectivity index is 1.87. The molecule has 0 radical (unpaired) electrons. The lowest BCUT2D eigenvalue weighted by Gasteiger charge is -2.36. The van der Waals surface area contributed by atoms with Gasteiger partial charge in [0.25, 0.3) is 0 Å². The highest BCUT2D eigenvalue weighted by atomic mass is 35.5. The van der Waals surface area contributed by atoms with Gasteiger partial charge in [-0.15, -0.1) is 5.10 Å². The lowest BCUT2D eigenvalue weighted by Crippen LogP contribution is -2.50. The Morgan fingerprint density at radius 1 is 1.43 bits per heavy atom. The number of aromatic nitrogens is 3. The van der Waals surface area contributed by atoms with Crippen molar-refractivity contribution in [2.24, 2.45) is 5.73 Å².